The summed E-state index contributed by atoms with van der Waals surface area (Å²) in [5.41, 5.74) is 6.80. The summed E-state index contributed by atoms with van der Waals surface area (Å²) in [6.45, 7) is 0.925. The molecule has 0 saturated carbocycles. The second-order valence-corrected chi connectivity index (χ2v) is 7.81. The third kappa shape index (κ3) is 5.96. The number of amidine groups is 1. The van der Waals surface area contributed by atoms with E-state index in [1.807, 2.05) is 0 Å². The lowest BCUT2D eigenvalue weighted by Crippen LogP contribution is -2.71. The summed E-state index contributed by atoms with van der Waals surface area (Å²) in [5, 5.41) is 29.3. The van der Waals surface area contributed by atoms with Crippen LogP contribution in [0.1, 0.15) is 23.2 Å². The van der Waals surface area contributed by atoms with Crippen LogP contribution in [-0.2, 0) is 14.4 Å². The molecular formula is C20H27N7O6. The molecule has 13 heteroatoms. The molecule has 4 unspecified atom stereocenters. The van der Waals surface area contributed by atoms with Crippen molar-refractivity contribution in [1.29, 1.82) is 0 Å². The zero-order valence-corrected chi connectivity index (χ0v) is 17.9. The molecule has 13 nitrogen and oxygen atoms in total. The Bertz CT molecular complexity index is 951. The molecule has 0 bridgehead atoms. The van der Waals surface area contributed by atoms with Gasteiger partial charge >= 0.3 is 11.9 Å². The van der Waals surface area contributed by atoms with Crippen LogP contribution in [0.5, 0.6) is 0 Å². The highest BCUT2D eigenvalue weighted by molar-refractivity contribution is 6.09. The largest absolute Gasteiger partial charge is 0.481 e. The maximum absolute atomic E-state index is 12.3. The van der Waals surface area contributed by atoms with Crippen LogP contribution in [0.4, 0.5) is 5.69 Å². The van der Waals surface area contributed by atoms with Gasteiger partial charge in [0.25, 0.3) is 5.91 Å². The van der Waals surface area contributed by atoms with E-state index < -0.39 is 36.2 Å². The van der Waals surface area contributed by atoms with Gasteiger partial charge in [-0.3, -0.25) is 30.4 Å². The highest BCUT2D eigenvalue weighted by atomic mass is 16.4. The summed E-state index contributed by atoms with van der Waals surface area (Å²) < 4.78 is 0. The topological polar surface area (TPSA) is 198 Å². The number of carboxylic acids is 2. The third-order valence-corrected chi connectivity index (χ3v) is 5.42. The minimum Gasteiger partial charge on any atom is -0.481 e. The fourth-order valence-corrected chi connectivity index (χ4v) is 3.51. The molecule has 33 heavy (non-hydrogen) atoms. The van der Waals surface area contributed by atoms with Gasteiger partial charge in [0.05, 0.1) is 6.54 Å². The van der Waals surface area contributed by atoms with E-state index >= 15 is 0 Å². The number of nitrogens with zero attached hydrogens (tertiary/aromatic N) is 2. The van der Waals surface area contributed by atoms with E-state index in [0.29, 0.717) is 18.9 Å². The molecule has 0 aliphatic carbocycles. The Balaban J connectivity index is 1.53. The summed E-state index contributed by atoms with van der Waals surface area (Å²) in [5.74, 6) is -2.68. The Labute approximate surface area is 189 Å². The first kappa shape index (κ1) is 23.9. The summed E-state index contributed by atoms with van der Waals surface area (Å²) in [6, 6.07) is 4.41. The molecule has 178 valence electrons. The molecule has 2 aliphatic rings. The lowest BCUT2D eigenvalue weighted by atomic mass is 10.1. The van der Waals surface area contributed by atoms with Gasteiger partial charge in [-0.05, 0) is 30.7 Å². The first-order valence-corrected chi connectivity index (χ1v) is 10.3. The smallest absolute Gasteiger partial charge is 0.326 e. The number of carboxylic acid groups (broad SMARTS) is 2. The van der Waals surface area contributed by atoms with Crippen molar-refractivity contribution in [2.24, 2.45) is 10.7 Å². The second kappa shape index (κ2) is 10.3. The number of amides is 2. The molecule has 1 fully saturated rings. The Morgan fingerprint density at radius 2 is 1.97 bits per heavy atom. The summed E-state index contributed by atoms with van der Waals surface area (Å²) >= 11 is 0. The van der Waals surface area contributed by atoms with E-state index in [1.165, 1.54) is 12.1 Å². The zero-order valence-electron chi connectivity index (χ0n) is 17.9. The van der Waals surface area contributed by atoms with Crippen LogP contribution in [0, 0.1) is 0 Å². The molecule has 2 amide bonds. The molecule has 0 radical (unpaired) electrons. The molecule has 1 aromatic rings. The van der Waals surface area contributed by atoms with Crippen LogP contribution in [0.2, 0.25) is 0 Å². The molecule has 0 aromatic heterocycles. The molecule has 8 N–H and O–H groups in total. The van der Waals surface area contributed by atoms with Crippen LogP contribution in [0.25, 0.3) is 0 Å². The Morgan fingerprint density at radius 1 is 1.27 bits per heavy atom. The number of aliphatic carboxylic acids is 2. The van der Waals surface area contributed by atoms with Crippen molar-refractivity contribution in [2.45, 2.75) is 37.3 Å². The average Bonchev–Trinajstić information content (AvgIpc) is 2.78. The number of carbonyl (C=O) groups is 4. The van der Waals surface area contributed by atoms with E-state index in [9.17, 15) is 19.2 Å². The molecule has 3 rings (SSSR count). The molecule has 4 atom stereocenters. The van der Waals surface area contributed by atoms with Crippen LogP contribution >= 0.6 is 0 Å². The van der Waals surface area contributed by atoms with Crippen LogP contribution < -0.4 is 27.0 Å². The number of fused-ring (bicyclic) bond motifs is 1. The quantitative estimate of drug-likeness (QED) is 0.220. The lowest BCUT2D eigenvalue weighted by Gasteiger charge is -2.41. The molecular weight excluding hydrogens is 434 g/mol. The van der Waals surface area contributed by atoms with Gasteiger partial charge in [0.15, 0.2) is 6.29 Å². The predicted octanol–water partition coefficient (Wildman–Crippen LogP) is -1.81. The third-order valence-electron chi connectivity index (χ3n) is 5.42. The molecule has 0 spiro atoms. The van der Waals surface area contributed by atoms with Gasteiger partial charge in [0.1, 0.15) is 17.9 Å². The fourth-order valence-electron chi connectivity index (χ4n) is 3.51. The number of nitrogens with one attached hydrogen (secondary N) is 4. The number of rotatable bonds is 9. The lowest BCUT2D eigenvalue weighted by molar-refractivity contribution is -0.140. The van der Waals surface area contributed by atoms with E-state index in [-0.39, 0.29) is 30.4 Å². The van der Waals surface area contributed by atoms with Crippen molar-refractivity contribution in [1.82, 2.24) is 20.9 Å². The zero-order chi connectivity index (χ0) is 24.1. The number of benzene rings is 1. The SMILES string of the molecule is CN1C2=NCC(CNc3ccc(C(=O)NC(CCC(=O)O)C(=O)O)cc3)NC2C(=O)NC1N. The molecule has 1 saturated heterocycles. The van der Waals surface area contributed by atoms with Gasteiger partial charge in [0.2, 0.25) is 5.91 Å². The van der Waals surface area contributed by atoms with E-state index in [0.717, 1.165) is 5.69 Å². The highest BCUT2D eigenvalue weighted by Gasteiger charge is 2.38. The van der Waals surface area contributed by atoms with Crippen molar-refractivity contribution in [3.63, 3.8) is 0 Å². The monoisotopic (exact) mass is 461 g/mol. The number of likely N-dealkylation sites (N-methyl/N-ethyl adjacent to an activating group) is 1. The van der Waals surface area contributed by atoms with Gasteiger partial charge in [0, 0.05) is 37.3 Å². The number of carbonyl (C=O) groups excluding carboxylic acids is 2. The molecule has 2 heterocycles. The van der Waals surface area contributed by atoms with Crippen LogP contribution in [-0.4, -0.2) is 89.3 Å². The van der Waals surface area contributed by atoms with Crippen molar-refractivity contribution in [2.75, 3.05) is 25.5 Å². The van der Waals surface area contributed by atoms with E-state index in [2.05, 4.69) is 26.3 Å². The van der Waals surface area contributed by atoms with Gasteiger partial charge in [-0.15, -0.1) is 0 Å². The average molecular weight is 461 g/mol. The number of hydrogen-bond donors (Lipinski definition) is 7. The summed E-state index contributed by atoms with van der Waals surface area (Å²) in [4.78, 5) is 52.6. The van der Waals surface area contributed by atoms with Gasteiger partial charge in [-0.1, -0.05) is 0 Å². The number of hydrogen-bond acceptors (Lipinski definition) is 9. The van der Waals surface area contributed by atoms with Crippen molar-refractivity contribution in [3.05, 3.63) is 29.8 Å². The normalized spacial score (nSPS) is 23.0. The second-order valence-electron chi connectivity index (χ2n) is 7.81. The van der Waals surface area contributed by atoms with Crippen molar-refractivity contribution < 1.29 is 29.4 Å². The van der Waals surface area contributed by atoms with Gasteiger partial charge in [-0.25, -0.2) is 4.79 Å². The Hall–Kier alpha value is -3.71. The summed E-state index contributed by atoms with van der Waals surface area (Å²) in [7, 11) is 1.76. The van der Waals surface area contributed by atoms with Crippen LogP contribution in [0.15, 0.2) is 29.3 Å². The molecule has 2 aliphatic heterocycles. The molecule has 1 aromatic carbocycles. The Morgan fingerprint density at radius 3 is 2.61 bits per heavy atom. The van der Waals surface area contributed by atoms with Crippen molar-refractivity contribution in [3.8, 4) is 0 Å². The predicted molar refractivity (Wildman–Crippen MR) is 118 cm³/mol. The number of nitrogens with two attached hydrogens (primary N) is 1. The minimum atomic E-state index is -1.30. The van der Waals surface area contributed by atoms with Crippen molar-refractivity contribution >= 4 is 35.3 Å². The first-order valence-electron chi connectivity index (χ1n) is 10.3. The van der Waals surface area contributed by atoms with E-state index in [1.54, 1.807) is 24.1 Å². The first-order chi connectivity index (χ1) is 15.7. The maximum atomic E-state index is 12.3. The van der Waals surface area contributed by atoms with Gasteiger partial charge in [-0.2, -0.15) is 0 Å². The standard InChI is InChI=1S/C20H27N7O6/c1-27-16-15(18(31)26-20(27)21)24-12(9-23-16)8-22-11-4-2-10(3-5-11)17(30)25-13(19(32)33)6-7-14(28)29/h2-5,12-13,15,20,22,24H,6-9,21H2,1H3,(H,25,30)(H,26,31)(H,28,29)(H,32,33). The Kier molecular flexibility index (Phi) is 7.45. The highest BCUT2D eigenvalue weighted by Crippen LogP contribution is 2.13. The fraction of sp³-hybridized carbons (Fsp3) is 0.450. The van der Waals surface area contributed by atoms with Crippen LogP contribution in [0.3, 0.4) is 0 Å². The number of aliphatic imine (C=N–C) groups is 1. The maximum Gasteiger partial charge on any atom is 0.326 e. The number of anilines is 1. The minimum absolute atomic E-state index is 0.110. The van der Waals surface area contributed by atoms with E-state index in [4.69, 9.17) is 15.9 Å². The van der Waals surface area contributed by atoms with Gasteiger partial charge < -0.3 is 31.1 Å². The summed E-state index contributed by atoms with van der Waals surface area (Å²) in [6.07, 6.45) is -1.19.